The van der Waals surface area contributed by atoms with Gasteiger partial charge in [-0.05, 0) is 117 Å². The van der Waals surface area contributed by atoms with Crippen molar-refractivity contribution in [3.8, 4) is 0 Å². The van der Waals surface area contributed by atoms with Crippen LogP contribution < -0.4 is 16.0 Å². The SMILES string of the molecule is O=C(O)/C(=C/c1cccc(CN(CC2=CC=CC(C[C@H](C(=O)O)[C@H]3CCNC3)C2)Cc2cccc(C[C@H](C(=O)O)[C@H]3CCNC3)c2)c1)[C@H]1CCNC1. The molecule has 3 aliphatic heterocycles. The molecule has 0 aromatic heterocycles. The zero-order valence-corrected chi connectivity index (χ0v) is 30.0. The summed E-state index contributed by atoms with van der Waals surface area (Å²) in [5.74, 6) is -2.72. The van der Waals surface area contributed by atoms with E-state index in [1.807, 2.05) is 30.3 Å². The zero-order chi connectivity index (χ0) is 36.5. The summed E-state index contributed by atoms with van der Waals surface area (Å²) in [7, 11) is 0. The van der Waals surface area contributed by atoms with E-state index in [0.717, 1.165) is 80.7 Å². The molecule has 0 bridgehead atoms. The molecule has 10 nitrogen and oxygen atoms in total. The lowest BCUT2D eigenvalue weighted by molar-refractivity contribution is -0.144. The van der Waals surface area contributed by atoms with E-state index in [0.29, 0.717) is 44.6 Å². The molecule has 0 saturated carbocycles. The molecule has 0 radical (unpaired) electrons. The summed E-state index contributed by atoms with van der Waals surface area (Å²) in [6.07, 6.45) is 12.7. The number of nitrogens with zero attached hydrogens (tertiary/aromatic N) is 1. The van der Waals surface area contributed by atoms with Crippen molar-refractivity contribution in [2.75, 3.05) is 45.8 Å². The highest BCUT2D eigenvalue weighted by molar-refractivity contribution is 5.93. The number of carboxylic acid groups (broad SMARTS) is 3. The molecule has 1 unspecified atom stereocenters. The van der Waals surface area contributed by atoms with Crippen LogP contribution in [0.2, 0.25) is 0 Å². The predicted octanol–water partition coefficient (Wildman–Crippen LogP) is 4.82. The van der Waals surface area contributed by atoms with E-state index >= 15 is 0 Å². The molecule has 0 spiro atoms. The van der Waals surface area contributed by atoms with Gasteiger partial charge in [-0.2, -0.15) is 0 Å². The van der Waals surface area contributed by atoms with Gasteiger partial charge in [0.1, 0.15) is 0 Å². The highest BCUT2D eigenvalue weighted by Crippen LogP contribution is 2.32. The quantitative estimate of drug-likeness (QED) is 0.126. The number of rotatable bonds is 17. The molecule has 6 atom stereocenters. The number of aliphatic carboxylic acids is 3. The van der Waals surface area contributed by atoms with Gasteiger partial charge in [-0.3, -0.25) is 14.5 Å². The average molecular weight is 711 g/mol. The van der Waals surface area contributed by atoms with E-state index in [9.17, 15) is 29.7 Å². The summed E-state index contributed by atoms with van der Waals surface area (Å²) in [6, 6.07) is 16.4. The topological polar surface area (TPSA) is 151 Å². The summed E-state index contributed by atoms with van der Waals surface area (Å²) in [6.45, 7) is 6.67. The van der Waals surface area contributed by atoms with Crippen molar-refractivity contribution < 1.29 is 29.7 Å². The molecule has 2 aromatic carbocycles. The monoisotopic (exact) mass is 710 g/mol. The molecule has 6 rings (SSSR count). The largest absolute Gasteiger partial charge is 0.481 e. The Morgan fingerprint density at radius 2 is 1.40 bits per heavy atom. The van der Waals surface area contributed by atoms with Gasteiger partial charge in [0.25, 0.3) is 0 Å². The van der Waals surface area contributed by atoms with Gasteiger partial charge in [-0.1, -0.05) is 72.3 Å². The number of allylic oxidation sites excluding steroid dienone is 3. The van der Waals surface area contributed by atoms with Crippen LogP contribution >= 0.6 is 0 Å². The van der Waals surface area contributed by atoms with Gasteiger partial charge < -0.3 is 31.3 Å². The van der Waals surface area contributed by atoms with E-state index in [1.165, 1.54) is 5.57 Å². The minimum Gasteiger partial charge on any atom is -0.481 e. The number of carboxylic acids is 3. The molecule has 3 heterocycles. The van der Waals surface area contributed by atoms with E-state index in [1.54, 1.807) is 0 Å². The Bertz CT molecular complexity index is 1650. The minimum absolute atomic E-state index is 0.0134. The van der Waals surface area contributed by atoms with Gasteiger partial charge in [0, 0.05) is 37.7 Å². The Morgan fingerprint density at radius 3 is 2.04 bits per heavy atom. The first-order valence-electron chi connectivity index (χ1n) is 19.0. The van der Waals surface area contributed by atoms with E-state index in [-0.39, 0.29) is 29.6 Å². The molecular weight excluding hydrogens is 656 g/mol. The number of nitrogens with one attached hydrogen (secondary N) is 3. The smallest absolute Gasteiger partial charge is 0.331 e. The maximum absolute atomic E-state index is 12.3. The predicted molar refractivity (Wildman–Crippen MR) is 201 cm³/mol. The van der Waals surface area contributed by atoms with Crippen LogP contribution in [0.1, 0.15) is 54.4 Å². The van der Waals surface area contributed by atoms with Crippen LogP contribution in [0.3, 0.4) is 0 Å². The van der Waals surface area contributed by atoms with Gasteiger partial charge in [-0.25, -0.2) is 4.79 Å². The third-order valence-electron chi connectivity index (χ3n) is 11.5. The van der Waals surface area contributed by atoms with Crippen LogP contribution in [0.5, 0.6) is 0 Å². The van der Waals surface area contributed by atoms with Gasteiger partial charge in [0.15, 0.2) is 0 Å². The summed E-state index contributed by atoms with van der Waals surface area (Å²) >= 11 is 0. The maximum Gasteiger partial charge on any atom is 0.331 e. The van der Waals surface area contributed by atoms with Gasteiger partial charge in [0.2, 0.25) is 0 Å². The molecule has 52 heavy (non-hydrogen) atoms. The number of carbonyl (C=O) groups is 3. The highest BCUT2D eigenvalue weighted by Gasteiger charge is 2.33. The molecule has 3 fully saturated rings. The standard InChI is InChI=1S/C42H54N4O6/c47-40(48)37(34-10-13-43-22-34)19-28-4-1-7-31(16-28)25-46(26-32-8-2-5-29(17-32)20-38(41(49)50)35-11-14-44-23-35)27-33-9-3-6-30(18-33)21-39(42(51)52)36-12-15-45-24-36/h1-9,16-17,19,30,34-36,38-39,43-45H,10-15,18,20-27H2,(H,47,48)(H,49,50)(H,51,52)/b37-19+/t30?,34-,35-,36-,38-,39-/m0/s1. The second kappa shape index (κ2) is 18.1. The summed E-state index contributed by atoms with van der Waals surface area (Å²) in [5.41, 5.74) is 5.74. The highest BCUT2D eigenvalue weighted by atomic mass is 16.4. The number of benzene rings is 2. The normalized spacial score (nSPS) is 24.6. The van der Waals surface area contributed by atoms with Gasteiger partial charge >= 0.3 is 17.9 Å². The van der Waals surface area contributed by atoms with Gasteiger partial charge in [-0.15, -0.1) is 0 Å². The fourth-order valence-corrected chi connectivity index (χ4v) is 8.73. The number of hydrogen-bond donors (Lipinski definition) is 6. The van der Waals surface area contributed by atoms with E-state index in [2.05, 4.69) is 63.3 Å². The van der Waals surface area contributed by atoms with Crippen LogP contribution in [0, 0.1) is 35.5 Å². The minimum atomic E-state index is -0.879. The van der Waals surface area contributed by atoms with E-state index < -0.39 is 23.8 Å². The Labute approximate surface area is 307 Å². The van der Waals surface area contributed by atoms with Crippen LogP contribution in [-0.2, 0) is 33.9 Å². The fourth-order valence-electron chi connectivity index (χ4n) is 8.73. The molecule has 10 heteroatoms. The van der Waals surface area contributed by atoms with Crippen LogP contribution in [0.25, 0.3) is 6.08 Å². The Balaban J connectivity index is 1.21. The van der Waals surface area contributed by atoms with Crippen molar-refractivity contribution in [3.05, 3.63) is 100 Å². The lowest BCUT2D eigenvalue weighted by atomic mass is 9.80. The molecule has 3 saturated heterocycles. The third-order valence-corrected chi connectivity index (χ3v) is 11.5. The Morgan fingerprint density at radius 1 is 0.769 bits per heavy atom. The lowest BCUT2D eigenvalue weighted by Crippen LogP contribution is -2.29. The second-order valence-corrected chi connectivity index (χ2v) is 15.3. The number of hydrogen-bond acceptors (Lipinski definition) is 7. The molecular formula is C42H54N4O6. The molecule has 1 aliphatic carbocycles. The van der Waals surface area contributed by atoms with Crippen molar-refractivity contribution in [2.45, 2.75) is 51.6 Å². The molecule has 2 aromatic rings. The first kappa shape index (κ1) is 37.7. The summed E-state index contributed by atoms with van der Waals surface area (Å²) < 4.78 is 0. The van der Waals surface area contributed by atoms with Gasteiger partial charge in [0.05, 0.1) is 11.8 Å². The fraction of sp³-hybridized carbons (Fsp3) is 0.500. The lowest BCUT2D eigenvalue weighted by Gasteiger charge is -2.29. The molecule has 4 aliphatic rings. The Hall–Kier alpha value is -4.09. The van der Waals surface area contributed by atoms with Crippen LogP contribution in [-0.4, -0.2) is 83.9 Å². The van der Waals surface area contributed by atoms with E-state index in [4.69, 9.17) is 0 Å². The van der Waals surface area contributed by atoms with Crippen LogP contribution in [0.15, 0.2) is 77.9 Å². The molecule has 0 amide bonds. The van der Waals surface area contributed by atoms with Crippen molar-refractivity contribution in [1.29, 1.82) is 0 Å². The first-order chi connectivity index (χ1) is 25.2. The average Bonchev–Trinajstić information content (AvgIpc) is 3.94. The summed E-state index contributed by atoms with van der Waals surface area (Å²) in [5, 5.41) is 40.1. The summed E-state index contributed by atoms with van der Waals surface area (Å²) in [4.78, 5) is 39.1. The third kappa shape index (κ3) is 10.3. The zero-order valence-electron chi connectivity index (χ0n) is 30.0. The first-order valence-corrected chi connectivity index (χ1v) is 19.0. The van der Waals surface area contributed by atoms with Crippen molar-refractivity contribution in [3.63, 3.8) is 0 Å². The molecule has 278 valence electrons. The van der Waals surface area contributed by atoms with Crippen LogP contribution in [0.4, 0.5) is 0 Å². The van der Waals surface area contributed by atoms with Crippen molar-refractivity contribution in [2.24, 2.45) is 35.5 Å². The second-order valence-electron chi connectivity index (χ2n) is 15.3. The van der Waals surface area contributed by atoms with Crippen molar-refractivity contribution in [1.82, 2.24) is 20.9 Å². The Kier molecular flexibility index (Phi) is 13.1. The van der Waals surface area contributed by atoms with Crippen molar-refractivity contribution >= 4 is 24.0 Å². The maximum atomic E-state index is 12.3. The molecule has 6 N–H and O–H groups in total.